The van der Waals surface area contributed by atoms with Crippen molar-refractivity contribution < 1.29 is 43.2 Å². The van der Waals surface area contributed by atoms with Crippen molar-refractivity contribution in [1.29, 1.82) is 0 Å². The lowest BCUT2D eigenvalue weighted by atomic mass is 9.68. The summed E-state index contributed by atoms with van der Waals surface area (Å²) in [6.07, 6.45) is 2.12. The number of fused-ring (bicyclic) bond motifs is 11. The molecule has 3 aliphatic heterocycles. The van der Waals surface area contributed by atoms with Crippen LogP contribution in [0.5, 0.6) is 5.75 Å². The summed E-state index contributed by atoms with van der Waals surface area (Å²) >= 11 is 0. The van der Waals surface area contributed by atoms with Crippen LogP contribution in [0.1, 0.15) is 115 Å². The first-order chi connectivity index (χ1) is 30.0. The first kappa shape index (κ1) is 43.1. The van der Waals surface area contributed by atoms with Crippen molar-refractivity contribution in [2.24, 2.45) is 5.92 Å². The first-order valence-electron chi connectivity index (χ1n) is 21.8. The molecule has 4 aliphatic rings. The molecule has 324 valence electrons. The molecule has 1 saturated carbocycles. The van der Waals surface area contributed by atoms with Crippen LogP contribution in [0, 0.1) is 5.92 Å². The Balaban J connectivity index is 1.21. The lowest BCUT2D eigenvalue weighted by Gasteiger charge is -2.43. The summed E-state index contributed by atoms with van der Waals surface area (Å²) in [5, 5.41) is 21.3. The number of methoxy groups -OCH3 is 1. The van der Waals surface area contributed by atoms with Crippen LogP contribution in [0.15, 0.2) is 111 Å². The van der Waals surface area contributed by atoms with Crippen molar-refractivity contribution >= 4 is 22.9 Å². The predicted molar refractivity (Wildman–Crippen MR) is 235 cm³/mol. The highest BCUT2D eigenvalue weighted by molar-refractivity contribution is 5.90. The maximum Gasteiger partial charge on any atom is 0.339 e. The molecule has 4 aromatic carbocycles. The molecule has 62 heavy (non-hydrogen) atoms. The molecule has 0 amide bonds. The van der Waals surface area contributed by atoms with Gasteiger partial charge in [-0.3, -0.25) is 4.79 Å². The van der Waals surface area contributed by atoms with Crippen LogP contribution in [-0.4, -0.2) is 54.2 Å². The number of esters is 2. The van der Waals surface area contributed by atoms with Gasteiger partial charge in [0.05, 0.1) is 25.4 Å². The number of carbonyl (C=O) groups is 2. The average Bonchev–Trinajstić information content (AvgIpc) is 3.26. The van der Waals surface area contributed by atoms with Gasteiger partial charge in [-0.2, -0.15) is 0 Å². The third kappa shape index (κ3) is 8.87. The Morgan fingerprint density at radius 1 is 0.839 bits per heavy atom. The molecule has 0 unspecified atom stereocenters. The summed E-state index contributed by atoms with van der Waals surface area (Å²) in [5.74, 6) is -0.630. The number of carbonyl (C=O) groups excluding carboxylic acids is 2. The molecule has 0 saturated heterocycles. The maximum atomic E-state index is 14.8. The van der Waals surface area contributed by atoms with Crippen LogP contribution in [0.25, 0.3) is 11.0 Å². The minimum Gasteiger partial charge on any atom is -0.483 e. The third-order valence-corrected chi connectivity index (χ3v) is 13.3. The molecule has 0 spiro atoms. The lowest BCUT2D eigenvalue weighted by Crippen LogP contribution is -2.52. The van der Waals surface area contributed by atoms with E-state index in [-0.39, 0.29) is 60.5 Å². The quantitative estimate of drug-likeness (QED) is 0.0885. The molecule has 5 aromatic rings. The number of hydrogen-bond acceptors (Lipinski definition) is 10. The fraction of sp³-hybridized carbons (Fsp3) is 0.404. The van der Waals surface area contributed by atoms with E-state index in [0.717, 1.165) is 36.8 Å². The van der Waals surface area contributed by atoms with E-state index < -0.39 is 42.0 Å². The van der Waals surface area contributed by atoms with E-state index in [1.54, 1.807) is 32.9 Å². The molecule has 9 rings (SSSR count). The second kappa shape index (κ2) is 18.4. The Hall–Kier alpha value is -5.55. The van der Waals surface area contributed by atoms with Crippen LogP contribution in [-0.2, 0) is 49.7 Å². The molecule has 2 bridgehead atoms. The van der Waals surface area contributed by atoms with E-state index in [4.69, 9.17) is 23.4 Å². The molecule has 5 atom stereocenters. The van der Waals surface area contributed by atoms with Crippen molar-refractivity contribution in [1.82, 2.24) is 0 Å². The monoisotopic (exact) mass is 840 g/mol. The molecule has 0 radical (unpaired) electrons. The van der Waals surface area contributed by atoms with E-state index in [1.807, 2.05) is 6.07 Å². The second-order valence-electron chi connectivity index (χ2n) is 17.7. The number of aryl methyl sites for hydroxylation is 1. The zero-order valence-corrected chi connectivity index (χ0v) is 36.0. The Morgan fingerprint density at radius 3 is 2.35 bits per heavy atom. The molecular formula is C52H56O10. The minimum atomic E-state index is -1.26. The van der Waals surface area contributed by atoms with Gasteiger partial charge in [0.15, 0.2) is 12.2 Å². The average molecular weight is 841 g/mol. The third-order valence-electron chi connectivity index (χ3n) is 13.3. The van der Waals surface area contributed by atoms with Crippen LogP contribution in [0.2, 0.25) is 0 Å². The topological polar surface area (TPSA) is 142 Å². The van der Waals surface area contributed by atoms with Gasteiger partial charge in [-0.1, -0.05) is 78.9 Å². The fourth-order valence-corrected chi connectivity index (χ4v) is 9.94. The summed E-state index contributed by atoms with van der Waals surface area (Å²) in [4.78, 5) is 42.8. The molecule has 1 aliphatic carbocycles. The van der Waals surface area contributed by atoms with Gasteiger partial charge in [0.25, 0.3) is 0 Å². The number of benzene rings is 4. The summed E-state index contributed by atoms with van der Waals surface area (Å²) < 4.78 is 30.8. The lowest BCUT2D eigenvalue weighted by molar-refractivity contribution is -0.188. The van der Waals surface area contributed by atoms with Crippen LogP contribution >= 0.6 is 0 Å². The van der Waals surface area contributed by atoms with Crippen molar-refractivity contribution in [2.75, 3.05) is 20.3 Å². The van der Waals surface area contributed by atoms with Crippen molar-refractivity contribution in [2.45, 2.75) is 108 Å². The summed E-state index contributed by atoms with van der Waals surface area (Å²) in [6.45, 7) is 4.66. The highest BCUT2D eigenvalue weighted by atomic mass is 16.6. The minimum absolute atomic E-state index is 0.0781. The molecule has 4 heterocycles. The van der Waals surface area contributed by atoms with Gasteiger partial charge in [0.1, 0.15) is 16.9 Å². The zero-order chi connectivity index (χ0) is 43.5. The SMILES string of the molecule is COCCc1c(CO)c2ccc3c(c2oc1=O)[C@H]1OC(=O)C[C@@H]2C[C@H](c4cccc(Cc5ccccc5)c4)CC[C@H]2c2ccc(cc2)CC/C(=C(\C)CO)C(=O)O[C@@H]1C(C)(C)O3. The summed E-state index contributed by atoms with van der Waals surface area (Å²) in [7, 11) is 1.53. The largest absolute Gasteiger partial charge is 0.483 e. The van der Waals surface area contributed by atoms with Crippen LogP contribution in [0.4, 0.5) is 0 Å². The Morgan fingerprint density at radius 2 is 1.61 bits per heavy atom. The van der Waals surface area contributed by atoms with Gasteiger partial charge in [-0.25, -0.2) is 9.59 Å². The highest BCUT2D eigenvalue weighted by Gasteiger charge is 2.51. The van der Waals surface area contributed by atoms with Gasteiger partial charge in [0, 0.05) is 36.5 Å². The van der Waals surface area contributed by atoms with E-state index in [9.17, 15) is 24.6 Å². The van der Waals surface area contributed by atoms with Gasteiger partial charge in [0.2, 0.25) is 0 Å². The van der Waals surface area contributed by atoms with Crippen molar-refractivity contribution in [3.8, 4) is 5.75 Å². The molecule has 1 fully saturated rings. The number of aliphatic hydroxyl groups is 2. The number of aliphatic hydroxyl groups excluding tert-OH is 2. The van der Waals surface area contributed by atoms with Gasteiger partial charge >= 0.3 is 17.6 Å². The Kier molecular flexibility index (Phi) is 12.8. The van der Waals surface area contributed by atoms with Gasteiger partial charge in [-0.15, -0.1) is 0 Å². The zero-order valence-electron chi connectivity index (χ0n) is 36.0. The van der Waals surface area contributed by atoms with Gasteiger partial charge in [-0.05, 0) is 128 Å². The number of ether oxygens (including phenoxy) is 4. The van der Waals surface area contributed by atoms with Crippen molar-refractivity contribution in [3.05, 3.63) is 157 Å². The molecule has 2 N–H and O–H groups in total. The molecule has 1 aromatic heterocycles. The molecule has 10 nitrogen and oxygen atoms in total. The first-order valence-corrected chi connectivity index (χ1v) is 21.8. The predicted octanol–water partition coefficient (Wildman–Crippen LogP) is 8.74. The Bertz CT molecular complexity index is 2520. The van der Waals surface area contributed by atoms with E-state index in [1.165, 1.54) is 23.8 Å². The standard InChI is InChI=1S/C52H56O10/c1-31(29-53)39-19-15-32-13-16-35(17-14-32)40-20-18-37(36-12-8-11-34(26-36)25-33-9-6-5-7-10-33)27-38(40)28-45(55)59-48-46-44(62-52(2,3)49(48)61-50(39)56)22-21-41-43(30-54)42(23-24-58-4)51(57)60-47(41)46/h5-14,16-17,21-22,26,37-38,40,48-49,53-54H,15,18-20,23-25,27-30H2,1-4H3/b39-31-/t37-,38+,40+,48-,49+/m1/s1. The summed E-state index contributed by atoms with van der Waals surface area (Å²) in [5.41, 5.74) is 5.79. The van der Waals surface area contributed by atoms with Crippen LogP contribution in [0.3, 0.4) is 0 Å². The van der Waals surface area contributed by atoms with Crippen molar-refractivity contribution in [3.63, 3.8) is 0 Å². The molecular weight excluding hydrogens is 785 g/mol. The normalized spacial score (nSPS) is 23.4. The van der Waals surface area contributed by atoms with E-state index in [2.05, 4.69) is 72.8 Å². The second-order valence-corrected chi connectivity index (χ2v) is 17.7. The summed E-state index contributed by atoms with van der Waals surface area (Å²) in [6, 6.07) is 31.2. The van der Waals surface area contributed by atoms with Crippen LogP contribution < -0.4 is 10.4 Å². The highest BCUT2D eigenvalue weighted by Crippen LogP contribution is 2.50. The number of rotatable bonds is 8. The fourth-order valence-electron chi connectivity index (χ4n) is 9.94. The van der Waals surface area contributed by atoms with E-state index in [0.29, 0.717) is 40.7 Å². The Labute approximate surface area is 362 Å². The molecule has 10 heteroatoms. The van der Waals surface area contributed by atoms with E-state index >= 15 is 0 Å². The maximum absolute atomic E-state index is 14.8. The number of hydrogen-bond donors (Lipinski definition) is 2. The van der Waals surface area contributed by atoms with Gasteiger partial charge < -0.3 is 33.6 Å². The smallest absolute Gasteiger partial charge is 0.339 e.